The molecule has 0 bridgehead atoms. The molecule has 0 aliphatic carbocycles. The zero-order valence-corrected chi connectivity index (χ0v) is 12.4. The minimum absolute atomic E-state index is 0.339. The molecule has 1 unspecified atom stereocenters. The predicted octanol–water partition coefficient (Wildman–Crippen LogP) is 3.53. The molecular formula is C13H15BrFN3O. The molecule has 0 saturated heterocycles. The monoisotopic (exact) mass is 327 g/mol. The van der Waals surface area contributed by atoms with E-state index in [1.54, 1.807) is 6.07 Å². The summed E-state index contributed by atoms with van der Waals surface area (Å²) in [6.45, 7) is 4.70. The summed E-state index contributed by atoms with van der Waals surface area (Å²) in [5, 5.41) is 7.12. The number of hydrogen-bond acceptors (Lipinski definition) is 4. The van der Waals surface area contributed by atoms with Crippen LogP contribution in [0.25, 0.3) is 11.4 Å². The third-order valence-corrected chi connectivity index (χ3v) is 3.26. The first-order chi connectivity index (χ1) is 9.08. The molecule has 1 heterocycles. The van der Waals surface area contributed by atoms with Crippen LogP contribution in [0.2, 0.25) is 0 Å². The van der Waals surface area contributed by atoms with Crippen molar-refractivity contribution in [3.05, 3.63) is 34.4 Å². The Morgan fingerprint density at radius 2 is 2.21 bits per heavy atom. The van der Waals surface area contributed by atoms with Gasteiger partial charge in [0.15, 0.2) is 0 Å². The van der Waals surface area contributed by atoms with Crippen molar-refractivity contribution >= 4 is 15.9 Å². The zero-order chi connectivity index (χ0) is 13.8. The van der Waals surface area contributed by atoms with Gasteiger partial charge in [0.1, 0.15) is 5.82 Å². The van der Waals surface area contributed by atoms with E-state index in [4.69, 9.17) is 4.52 Å². The molecule has 2 rings (SSSR count). The molecule has 0 saturated carbocycles. The van der Waals surface area contributed by atoms with Gasteiger partial charge in [-0.25, -0.2) is 4.39 Å². The molecule has 0 aliphatic rings. The van der Waals surface area contributed by atoms with Crippen LogP contribution in [0, 0.1) is 5.82 Å². The van der Waals surface area contributed by atoms with Gasteiger partial charge in [0, 0.05) is 16.1 Å². The minimum atomic E-state index is -0.339. The van der Waals surface area contributed by atoms with Crippen LogP contribution in [0.3, 0.4) is 0 Å². The first kappa shape index (κ1) is 14.1. The van der Waals surface area contributed by atoms with Crippen molar-refractivity contribution < 1.29 is 8.91 Å². The van der Waals surface area contributed by atoms with Crippen LogP contribution in [0.5, 0.6) is 0 Å². The second kappa shape index (κ2) is 6.25. The molecule has 0 amide bonds. The van der Waals surface area contributed by atoms with Gasteiger partial charge in [0.25, 0.3) is 0 Å². The summed E-state index contributed by atoms with van der Waals surface area (Å²) in [6, 6.07) is 4.90. The average molecular weight is 328 g/mol. The summed E-state index contributed by atoms with van der Waals surface area (Å²) in [4.78, 5) is 4.24. The molecular weight excluding hydrogens is 313 g/mol. The molecule has 0 radical (unpaired) electrons. The van der Waals surface area contributed by atoms with Crippen molar-refractivity contribution in [1.82, 2.24) is 15.5 Å². The maximum absolute atomic E-state index is 13.3. The van der Waals surface area contributed by atoms with Gasteiger partial charge in [-0.2, -0.15) is 4.98 Å². The van der Waals surface area contributed by atoms with Crippen LogP contribution in [0.4, 0.5) is 4.39 Å². The normalized spacial score (nSPS) is 12.6. The van der Waals surface area contributed by atoms with Crippen LogP contribution in [0.1, 0.15) is 26.2 Å². The smallest absolute Gasteiger partial charge is 0.240 e. The molecule has 1 aromatic carbocycles. The molecule has 1 N–H and O–H groups in total. The lowest BCUT2D eigenvalue weighted by atomic mass is 10.2. The van der Waals surface area contributed by atoms with Crippen molar-refractivity contribution in [1.29, 1.82) is 0 Å². The van der Waals surface area contributed by atoms with Crippen molar-refractivity contribution in [3.63, 3.8) is 0 Å². The summed E-state index contributed by atoms with van der Waals surface area (Å²) < 4.78 is 19.1. The average Bonchev–Trinajstić information content (AvgIpc) is 2.83. The highest BCUT2D eigenvalue weighted by Gasteiger charge is 2.11. The summed E-state index contributed by atoms with van der Waals surface area (Å²) in [7, 11) is 0. The first-order valence-corrected chi connectivity index (χ1v) is 6.90. The topological polar surface area (TPSA) is 51.0 Å². The molecule has 102 valence electrons. The van der Waals surface area contributed by atoms with Gasteiger partial charge in [-0.05, 0) is 31.5 Å². The summed E-state index contributed by atoms with van der Waals surface area (Å²) in [6.07, 6.45) is 1.03. The minimum Gasteiger partial charge on any atom is -0.338 e. The number of halogens is 2. The third kappa shape index (κ3) is 3.84. The molecule has 1 atom stereocenters. The summed E-state index contributed by atoms with van der Waals surface area (Å²) >= 11 is 3.24. The fourth-order valence-electron chi connectivity index (χ4n) is 1.53. The SMILES string of the molecule is CCC(C)NCc1nc(-c2cc(F)cc(Br)c2)no1. The van der Waals surface area contributed by atoms with Gasteiger partial charge in [-0.3, -0.25) is 0 Å². The maximum Gasteiger partial charge on any atom is 0.240 e. The van der Waals surface area contributed by atoms with E-state index in [2.05, 4.69) is 45.2 Å². The Morgan fingerprint density at radius 1 is 1.42 bits per heavy atom. The highest BCUT2D eigenvalue weighted by molar-refractivity contribution is 9.10. The van der Waals surface area contributed by atoms with E-state index in [1.807, 2.05) is 0 Å². The van der Waals surface area contributed by atoms with Gasteiger partial charge in [-0.15, -0.1) is 0 Å². The molecule has 4 nitrogen and oxygen atoms in total. The fraction of sp³-hybridized carbons (Fsp3) is 0.385. The van der Waals surface area contributed by atoms with Gasteiger partial charge in [-0.1, -0.05) is 28.0 Å². The Balaban J connectivity index is 2.12. The van der Waals surface area contributed by atoms with E-state index in [0.717, 1.165) is 6.42 Å². The van der Waals surface area contributed by atoms with Gasteiger partial charge >= 0.3 is 0 Å². The number of benzene rings is 1. The van der Waals surface area contributed by atoms with E-state index < -0.39 is 0 Å². The van der Waals surface area contributed by atoms with E-state index in [-0.39, 0.29) is 5.82 Å². The highest BCUT2D eigenvalue weighted by Crippen LogP contribution is 2.22. The second-order valence-electron chi connectivity index (χ2n) is 4.36. The maximum atomic E-state index is 13.3. The molecule has 0 fully saturated rings. The van der Waals surface area contributed by atoms with Crippen LogP contribution in [-0.4, -0.2) is 16.2 Å². The third-order valence-electron chi connectivity index (χ3n) is 2.80. The van der Waals surface area contributed by atoms with Gasteiger partial charge < -0.3 is 9.84 Å². The van der Waals surface area contributed by atoms with E-state index in [9.17, 15) is 4.39 Å². The summed E-state index contributed by atoms with van der Waals surface area (Å²) in [5.41, 5.74) is 0.588. The van der Waals surface area contributed by atoms with Gasteiger partial charge in [0.05, 0.1) is 6.54 Å². The Kier molecular flexibility index (Phi) is 4.66. The Hall–Kier alpha value is -1.27. The Morgan fingerprint density at radius 3 is 2.89 bits per heavy atom. The molecule has 19 heavy (non-hydrogen) atoms. The zero-order valence-electron chi connectivity index (χ0n) is 10.8. The molecule has 0 aliphatic heterocycles. The number of hydrogen-bond donors (Lipinski definition) is 1. The van der Waals surface area contributed by atoms with E-state index >= 15 is 0 Å². The van der Waals surface area contributed by atoms with Crippen LogP contribution in [-0.2, 0) is 6.54 Å². The van der Waals surface area contributed by atoms with Crippen LogP contribution < -0.4 is 5.32 Å². The number of rotatable bonds is 5. The second-order valence-corrected chi connectivity index (χ2v) is 5.28. The van der Waals surface area contributed by atoms with Crippen molar-refractivity contribution in [2.24, 2.45) is 0 Å². The number of aromatic nitrogens is 2. The largest absolute Gasteiger partial charge is 0.338 e. The fourth-order valence-corrected chi connectivity index (χ4v) is 2.00. The lowest BCUT2D eigenvalue weighted by Crippen LogP contribution is -2.24. The standard InChI is InChI=1S/C13H15BrFN3O/c1-3-8(2)16-7-12-17-13(18-19-12)9-4-10(14)6-11(15)5-9/h4-6,8,16H,3,7H2,1-2H3. The number of nitrogens with zero attached hydrogens (tertiary/aromatic N) is 2. The number of nitrogens with one attached hydrogen (secondary N) is 1. The van der Waals surface area contributed by atoms with Crippen molar-refractivity contribution in [2.45, 2.75) is 32.9 Å². The lowest BCUT2D eigenvalue weighted by Gasteiger charge is -2.07. The molecule has 6 heteroatoms. The molecule has 2 aromatic rings. The van der Waals surface area contributed by atoms with Crippen molar-refractivity contribution in [2.75, 3.05) is 0 Å². The van der Waals surface area contributed by atoms with Gasteiger partial charge in [0.2, 0.25) is 11.7 Å². The van der Waals surface area contributed by atoms with E-state index in [1.165, 1.54) is 12.1 Å². The van der Waals surface area contributed by atoms with E-state index in [0.29, 0.717) is 34.3 Å². The molecule has 1 aromatic heterocycles. The highest BCUT2D eigenvalue weighted by atomic mass is 79.9. The lowest BCUT2D eigenvalue weighted by molar-refractivity contribution is 0.358. The predicted molar refractivity (Wildman–Crippen MR) is 74.0 cm³/mol. The summed E-state index contributed by atoms with van der Waals surface area (Å²) in [5.74, 6) is 0.547. The first-order valence-electron chi connectivity index (χ1n) is 6.11. The van der Waals surface area contributed by atoms with Crippen LogP contribution in [0.15, 0.2) is 27.2 Å². The quantitative estimate of drug-likeness (QED) is 0.912. The van der Waals surface area contributed by atoms with Crippen LogP contribution >= 0.6 is 15.9 Å². The Labute approximate surface area is 119 Å². The molecule has 0 spiro atoms. The Bertz CT molecular complexity index is 538. The van der Waals surface area contributed by atoms with Crippen molar-refractivity contribution in [3.8, 4) is 11.4 Å².